The molecule has 1 aromatic rings. The molecule has 1 aromatic carbocycles. The molecule has 0 aliphatic carbocycles. The molecule has 0 fully saturated rings. The smallest absolute Gasteiger partial charge is 0.335 e. The normalized spacial score (nSPS) is 9.41. The lowest BCUT2D eigenvalue weighted by atomic mass is 10.2. The maximum absolute atomic E-state index is 10.4. The van der Waals surface area contributed by atoms with Gasteiger partial charge in [-0.1, -0.05) is 43.0 Å². The summed E-state index contributed by atoms with van der Waals surface area (Å²) < 4.78 is 0. The van der Waals surface area contributed by atoms with Gasteiger partial charge in [-0.15, -0.1) is 11.6 Å². The van der Waals surface area contributed by atoms with Crippen molar-refractivity contribution in [3.8, 4) is 0 Å². The average molecular weight is 298 g/mol. The van der Waals surface area contributed by atoms with Crippen LogP contribution in [0.4, 0.5) is 0 Å². The Bertz CT molecular complexity index is 350. The Hall–Kier alpha value is -0.440. The lowest BCUT2D eigenvalue weighted by molar-refractivity contribution is 0.0697. The monoisotopic (exact) mass is 296 g/mol. The first kappa shape index (κ1) is 16.6. The second-order valence-electron chi connectivity index (χ2n) is 3.33. The topological polar surface area (TPSA) is 37.3 Å². The van der Waals surface area contributed by atoms with E-state index in [0.717, 1.165) is 5.88 Å². The molecule has 17 heavy (non-hydrogen) atoms. The summed E-state index contributed by atoms with van der Waals surface area (Å²) in [6.45, 7) is 2.17. The summed E-state index contributed by atoms with van der Waals surface area (Å²) in [5.74, 6) is -0.183. The fraction of sp³-hybridized carbons (Fsp3) is 0.417. The standard InChI is InChI=1S/C7H4Cl2O2.C5H11Cl/c8-5-2-1-4(7(10)11)3-6(5)9;1-2-3-4-5-6/h1-3H,(H,10,11);2-5H2,1H3. The van der Waals surface area contributed by atoms with E-state index in [1.165, 1.54) is 37.5 Å². The third-order valence-electron chi connectivity index (χ3n) is 1.90. The van der Waals surface area contributed by atoms with Gasteiger partial charge in [0.05, 0.1) is 15.6 Å². The van der Waals surface area contributed by atoms with Gasteiger partial charge in [0, 0.05) is 5.88 Å². The van der Waals surface area contributed by atoms with Gasteiger partial charge in [0.1, 0.15) is 0 Å². The molecule has 1 N–H and O–H groups in total. The van der Waals surface area contributed by atoms with Gasteiger partial charge in [0.15, 0.2) is 0 Å². The van der Waals surface area contributed by atoms with Crippen molar-refractivity contribution in [2.24, 2.45) is 0 Å². The molecule has 0 saturated carbocycles. The number of halogens is 3. The quantitative estimate of drug-likeness (QED) is 0.619. The number of hydrogen-bond donors (Lipinski definition) is 1. The Morgan fingerprint density at radius 2 is 1.88 bits per heavy atom. The summed E-state index contributed by atoms with van der Waals surface area (Å²) >= 11 is 16.5. The summed E-state index contributed by atoms with van der Waals surface area (Å²) in [6.07, 6.45) is 3.73. The van der Waals surface area contributed by atoms with Gasteiger partial charge in [-0.25, -0.2) is 4.79 Å². The van der Waals surface area contributed by atoms with Crippen LogP contribution in [-0.2, 0) is 0 Å². The molecule has 0 aromatic heterocycles. The van der Waals surface area contributed by atoms with Crippen molar-refractivity contribution in [1.82, 2.24) is 0 Å². The van der Waals surface area contributed by atoms with Crippen molar-refractivity contribution in [2.75, 3.05) is 5.88 Å². The summed E-state index contributed by atoms with van der Waals surface area (Å²) in [4.78, 5) is 10.4. The van der Waals surface area contributed by atoms with Gasteiger partial charge in [0.2, 0.25) is 0 Å². The molecular weight excluding hydrogens is 282 g/mol. The number of carboxylic acids is 1. The minimum atomic E-state index is -1.01. The molecule has 0 aliphatic heterocycles. The highest BCUT2D eigenvalue weighted by atomic mass is 35.5. The molecule has 5 heteroatoms. The number of unbranched alkanes of at least 4 members (excludes halogenated alkanes) is 2. The largest absolute Gasteiger partial charge is 0.478 e. The van der Waals surface area contributed by atoms with Crippen molar-refractivity contribution in [2.45, 2.75) is 26.2 Å². The molecule has 0 unspecified atom stereocenters. The second kappa shape index (κ2) is 9.58. The van der Waals surface area contributed by atoms with Crippen LogP contribution in [0, 0.1) is 0 Å². The van der Waals surface area contributed by atoms with Gasteiger partial charge in [-0.05, 0) is 24.6 Å². The number of hydrogen-bond acceptors (Lipinski definition) is 1. The predicted molar refractivity (Wildman–Crippen MR) is 73.7 cm³/mol. The second-order valence-corrected chi connectivity index (χ2v) is 4.52. The van der Waals surface area contributed by atoms with Crippen molar-refractivity contribution in [3.05, 3.63) is 33.8 Å². The van der Waals surface area contributed by atoms with E-state index in [1.807, 2.05) is 0 Å². The number of aromatic carboxylic acids is 1. The highest BCUT2D eigenvalue weighted by Gasteiger charge is 2.04. The maximum Gasteiger partial charge on any atom is 0.335 e. The Labute approximate surface area is 116 Å². The van der Waals surface area contributed by atoms with E-state index in [1.54, 1.807) is 0 Å². The Kier molecular flexibility index (Phi) is 9.33. The molecule has 0 bridgehead atoms. The van der Waals surface area contributed by atoms with Gasteiger partial charge in [-0.3, -0.25) is 0 Å². The molecule has 0 radical (unpaired) electrons. The molecule has 0 heterocycles. The zero-order chi connectivity index (χ0) is 13.3. The van der Waals surface area contributed by atoms with Gasteiger partial charge in [-0.2, -0.15) is 0 Å². The van der Waals surface area contributed by atoms with Crippen LogP contribution < -0.4 is 0 Å². The fourth-order valence-corrected chi connectivity index (χ4v) is 1.46. The molecule has 0 spiro atoms. The van der Waals surface area contributed by atoms with E-state index < -0.39 is 5.97 Å². The summed E-state index contributed by atoms with van der Waals surface area (Å²) in [6, 6.07) is 4.16. The lowest BCUT2D eigenvalue weighted by Crippen LogP contribution is -1.94. The molecule has 0 aliphatic rings. The number of rotatable bonds is 4. The zero-order valence-corrected chi connectivity index (χ0v) is 11.8. The van der Waals surface area contributed by atoms with Crippen LogP contribution in [-0.4, -0.2) is 17.0 Å². The molecule has 2 nitrogen and oxygen atoms in total. The van der Waals surface area contributed by atoms with E-state index >= 15 is 0 Å². The van der Waals surface area contributed by atoms with Crippen molar-refractivity contribution >= 4 is 40.8 Å². The molecule has 1 rings (SSSR count). The van der Waals surface area contributed by atoms with Crippen LogP contribution in [0.5, 0.6) is 0 Å². The van der Waals surface area contributed by atoms with Crippen LogP contribution in [0.3, 0.4) is 0 Å². The van der Waals surface area contributed by atoms with Crippen LogP contribution >= 0.6 is 34.8 Å². The minimum absolute atomic E-state index is 0.138. The lowest BCUT2D eigenvalue weighted by Gasteiger charge is -1.96. The number of carboxylic acid groups (broad SMARTS) is 1. The number of benzene rings is 1. The predicted octanol–water partition coefficient (Wildman–Crippen LogP) is 5.11. The Morgan fingerprint density at radius 3 is 2.24 bits per heavy atom. The third-order valence-corrected chi connectivity index (χ3v) is 2.91. The van der Waals surface area contributed by atoms with E-state index in [-0.39, 0.29) is 10.6 Å². The third kappa shape index (κ3) is 7.48. The molecule has 0 atom stereocenters. The van der Waals surface area contributed by atoms with Crippen molar-refractivity contribution in [3.63, 3.8) is 0 Å². The first-order valence-electron chi connectivity index (χ1n) is 5.27. The highest BCUT2D eigenvalue weighted by molar-refractivity contribution is 6.42. The first-order valence-corrected chi connectivity index (χ1v) is 6.56. The zero-order valence-electron chi connectivity index (χ0n) is 9.55. The maximum atomic E-state index is 10.4. The van der Waals surface area contributed by atoms with E-state index in [9.17, 15) is 4.79 Å². The summed E-state index contributed by atoms with van der Waals surface area (Å²) in [7, 11) is 0. The van der Waals surface area contributed by atoms with Crippen LogP contribution in [0.2, 0.25) is 10.0 Å². The summed E-state index contributed by atoms with van der Waals surface area (Å²) in [5, 5.41) is 9.11. The fourth-order valence-electron chi connectivity index (χ4n) is 0.974. The highest BCUT2D eigenvalue weighted by Crippen LogP contribution is 2.22. The molecule has 96 valence electrons. The Morgan fingerprint density at radius 1 is 1.24 bits per heavy atom. The first-order chi connectivity index (χ1) is 8.02. The minimum Gasteiger partial charge on any atom is -0.478 e. The van der Waals surface area contributed by atoms with Crippen LogP contribution in [0.1, 0.15) is 36.5 Å². The van der Waals surface area contributed by atoms with Crippen LogP contribution in [0.25, 0.3) is 0 Å². The summed E-state index contributed by atoms with van der Waals surface area (Å²) in [5.41, 5.74) is 0.138. The average Bonchev–Trinajstić information content (AvgIpc) is 2.30. The molecule has 0 amide bonds. The van der Waals surface area contributed by atoms with Crippen molar-refractivity contribution < 1.29 is 9.90 Å². The van der Waals surface area contributed by atoms with E-state index in [4.69, 9.17) is 39.9 Å². The number of alkyl halides is 1. The van der Waals surface area contributed by atoms with E-state index in [0.29, 0.717) is 5.02 Å². The number of carbonyl (C=O) groups is 1. The Balaban J connectivity index is 0.000000366. The molecule has 0 saturated heterocycles. The SMILES string of the molecule is CCCCCCl.O=C(O)c1ccc(Cl)c(Cl)c1. The van der Waals surface area contributed by atoms with E-state index in [2.05, 4.69) is 6.92 Å². The van der Waals surface area contributed by atoms with Gasteiger partial charge < -0.3 is 5.11 Å². The molecular formula is C12H15Cl3O2. The van der Waals surface area contributed by atoms with Gasteiger partial charge >= 0.3 is 5.97 Å². The van der Waals surface area contributed by atoms with Crippen molar-refractivity contribution in [1.29, 1.82) is 0 Å². The van der Waals surface area contributed by atoms with Crippen LogP contribution in [0.15, 0.2) is 18.2 Å². The van der Waals surface area contributed by atoms with Gasteiger partial charge in [0.25, 0.3) is 0 Å².